The first-order chi connectivity index (χ1) is 12.0. The van der Waals surface area contributed by atoms with Crippen LogP contribution in [0.25, 0.3) is 0 Å². The highest BCUT2D eigenvalue weighted by Crippen LogP contribution is 2.25. The number of carbonyl (C=O) groups excluding carboxylic acids is 1. The molecule has 25 heavy (non-hydrogen) atoms. The molecule has 0 heterocycles. The molecule has 0 aliphatic rings. The Morgan fingerprint density at radius 1 is 1.20 bits per heavy atom. The topological polar surface area (TPSA) is 94.4 Å². The van der Waals surface area contributed by atoms with E-state index in [2.05, 4.69) is 16.7 Å². The van der Waals surface area contributed by atoms with E-state index in [1.165, 1.54) is 0 Å². The van der Waals surface area contributed by atoms with Crippen LogP contribution in [0.1, 0.15) is 19.4 Å². The van der Waals surface area contributed by atoms with Crippen LogP contribution in [0.4, 0.5) is 10.5 Å². The molecule has 0 aliphatic carbocycles. The molecule has 0 aromatic heterocycles. The van der Waals surface area contributed by atoms with Crippen LogP contribution < -0.4 is 15.4 Å². The molecule has 2 aromatic rings. The maximum atomic E-state index is 11.9. The summed E-state index contributed by atoms with van der Waals surface area (Å²) >= 11 is 0. The van der Waals surface area contributed by atoms with Crippen LogP contribution in [0.3, 0.4) is 0 Å². The first-order valence-electron chi connectivity index (χ1n) is 7.99. The Morgan fingerprint density at radius 3 is 2.52 bits per heavy atom. The molecule has 0 saturated heterocycles. The van der Waals surface area contributed by atoms with Crippen LogP contribution in [-0.4, -0.2) is 23.8 Å². The number of para-hydroxylation sites is 1. The van der Waals surface area contributed by atoms with Gasteiger partial charge in [0, 0.05) is 18.3 Å². The molecule has 2 rings (SSSR count). The molecule has 3 N–H and O–H groups in total. The van der Waals surface area contributed by atoms with Crippen LogP contribution in [0, 0.1) is 17.2 Å². The molecule has 0 saturated carbocycles. The average molecular weight is 339 g/mol. The third-order valence-corrected chi connectivity index (χ3v) is 3.85. The quantitative estimate of drug-likeness (QED) is 0.751. The molecule has 2 atom stereocenters. The number of carbonyl (C=O) groups is 1. The predicted octanol–water partition coefficient (Wildman–Crippen LogP) is 3.49. The highest BCUT2D eigenvalue weighted by atomic mass is 16.5. The van der Waals surface area contributed by atoms with Crippen molar-refractivity contribution in [1.29, 1.82) is 5.26 Å². The largest absolute Gasteiger partial charge is 0.456 e. The third-order valence-electron chi connectivity index (χ3n) is 3.85. The number of urea groups is 1. The first-order valence-corrected chi connectivity index (χ1v) is 7.99. The van der Waals surface area contributed by atoms with Gasteiger partial charge in [-0.2, -0.15) is 5.26 Å². The fourth-order valence-electron chi connectivity index (χ4n) is 2.06. The lowest BCUT2D eigenvalue weighted by Crippen LogP contribution is -2.40. The Bertz CT molecular complexity index is 753. The van der Waals surface area contributed by atoms with Gasteiger partial charge in [-0.3, -0.25) is 0 Å². The van der Waals surface area contributed by atoms with E-state index < -0.39 is 0 Å². The summed E-state index contributed by atoms with van der Waals surface area (Å²) in [6.07, 6.45) is 0. The lowest BCUT2D eigenvalue weighted by molar-refractivity contribution is 0.204. The van der Waals surface area contributed by atoms with Crippen molar-refractivity contribution in [2.24, 2.45) is 5.92 Å². The molecular formula is C19H21N3O3. The summed E-state index contributed by atoms with van der Waals surface area (Å²) < 4.78 is 5.69. The molecule has 2 aromatic carbocycles. The van der Waals surface area contributed by atoms with Crippen molar-refractivity contribution in [3.63, 3.8) is 0 Å². The molecule has 0 aliphatic heterocycles. The summed E-state index contributed by atoms with van der Waals surface area (Å²) in [6, 6.07) is 15.4. The van der Waals surface area contributed by atoms with E-state index in [-0.39, 0.29) is 24.6 Å². The standard InChI is InChI=1S/C19H21N3O3/c1-13(12-23)14(2)21-19(24)22-16-7-9-17(10-8-16)25-18-6-4-3-5-15(18)11-20/h3-10,13-14,23H,12H2,1-2H3,(H2,21,22,24). The number of aliphatic hydroxyl groups is 1. The number of hydrogen-bond donors (Lipinski definition) is 3. The van der Waals surface area contributed by atoms with Gasteiger partial charge in [0.25, 0.3) is 0 Å². The van der Waals surface area contributed by atoms with Crippen molar-refractivity contribution in [3.8, 4) is 17.6 Å². The third kappa shape index (κ3) is 5.23. The number of nitrogens with zero attached hydrogens (tertiary/aromatic N) is 1. The van der Waals surface area contributed by atoms with Crippen molar-refractivity contribution in [2.75, 3.05) is 11.9 Å². The van der Waals surface area contributed by atoms with E-state index >= 15 is 0 Å². The van der Waals surface area contributed by atoms with E-state index in [4.69, 9.17) is 15.1 Å². The number of aliphatic hydroxyl groups excluding tert-OH is 1. The minimum atomic E-state index is -0.337. The Morgan fingerprint density at radius 2 is 1.88 bits per heavy atom. The summed E-state index contributed by atoms with van der Waals surface area (Å²) in [6.45, 7) is 3.71. The molecule has 6 heteroatoms. The number of hydrogen-bond acceptors (Lipinski definition) is 4. The van der Waals surface area contributed by atoms with Gasteiger partial charge in [-0.05, 0) is 49.2 Å². The molecule has 0 spiro atoms. The Balaban J connectivity index is 1.96. The number of nitriles is 1. The molecular weight excluding hydrogens is 318 g/mol. The van der Waals surface area contributed by atoms with E-state index in [1.807, 2.05) is 13.8 Å². The lowest BCUT2D eigenvalue weighted by Gasteiger charge is -2.19. The highest BCUT2D eigenvalue weighted by Gasteiger charge is 2.13. The van der Waals surface area contributed by atoms with Gasteiger partial charge in [-0.15, -0.1) is 0 Å². The minimum absolute atomic E-state index is 0.0116. The Kier molecular flexibility index (Phi) is 6.38. The monoisotopic (exact) mass is 339 g/mol. The van der Waals surface area contributed by atoms with E-state index in [9.17, 15) is 4.79 Å². The molecule has 130 valence electrons. The zero-order valence-electron chi connectivity index (χ0n) is 14.2. The zero-order valence-corrected chi connectivity index (χ0v) is 14.2. The van der Waals surface area contributed by atoms with Gasteiger partial charge < -0.3 is 20.5 Å². The fraction of sp³-hybridized carbons (Fsp3) is 0.263. The highest BCUT2D eigenvalue weighted by molar-refractivity contribution is 5.89. The van der Waals surface area contributed by atoms with E-state index in [1.54, 1.807) is 48.5 Å². The Labute approximate surface area is 147 Å². The fourth-order valence-corrected chi connectivity index (χ4v) is 2.06. The van der Waals surface area contributed by atoms with Gasteiger partial charge in [0.2, 0.25) is 0 Å². The van der Waals surface area contributed by atoms with Gasteiger partial charge in [-0.25, -0.2) is 4.79 Å². The number of ether oxygens (including phenoxy) is 1. The Hall–Kier alpha value is -3.04. The van der Waals surface area contributed by atoms with E-state index in [0.717, 1.165) is 0 Å². The maximum absolute atomic E-state index is 11.9. The number of rotatable bonds is 6. The van der Waals surface area contributed by atoms with Crippen LogP contribution in [0.15, 0.2) is 48.5 Å². The van der Waals surface area contributed by atoms with Crippen molar-refractivity contribution in [1.82, 2.24) is 5.32 Å². The van der Waals surface area contributed by atoms with Crippen molar-refractivity contribution in [2.45, 2.75) is 19.9 Å². The molecule has 0 fully saturated rings. The van der Waals surface area contributed by atoms with Crippen LogP contribution >= 0.6 is 0 Å². The maximum Gasteiger partial charge on any atom is 0.319 e. The smallest absolute Gasteiger partial charge is 0.319 e. The summed E-state index contributed by atoms with van der Waals surface area (Å²) in [4.78, 5) is 11.9. The normalized spacial score (nSPS) is 12.6. The van der Waals surface area contributed by atoms with Gasteiger partial charge in [0.15, 0.2) is 0 Å². The summed E-state index contributed by atoms with van der Waals surface area (Å²) in [5, 5.41) is 23.7. The van der Waals surface area contributed by atoms with Crippen molar-refractivity contribution >= 4 is 11.7 Å². The number of benzene rings is 2. The second-order valence-corrected chi connectivity index (χ2v) is 5.78. The average Bonchev–Trinajstić information content (AvgIpc) is 2.63. The molecule has 2 amide bonds. The predicted molar refractivity (Wildman–Crippen MR) is 95.5 cm³/mol. The lowest BCUT2D eigenvalue weighted by atomic mass is 10.1. The van der Waals surface area contributed by atoms with Crippen LogP contribution in [-0.2, 0) is 0 Å². The minimum Gasteiger partial charge on any atom is -0.456 e. The second-order valence-electron chi connectivity index (χ2n) is 5.78. The second kappa shape index (κ2) is 8.71. The molecule has 0 bridgehead atoms. The van der Waals surface area contributed by atoms with Gasteiger partial charge >= 0.3 is 6.03 Å². The van der Waals surface area contributed by atoms with Crippen molar-refractivity contribution in [3.05, 3.63) is 54.1 Å². The van der Waals surface area contributed by atoms with Gasteiger partial charge in [0.05, 0.1) is 5.56 Å². The van der Waals surface area contributed by atoms with Gasteiger partial charge in [-0.1, -0.05) is 19.1 Å². The first kappa shape index (κ1) is 18.3. The number of amides is 2. The van der Waals surface area contributed by atoms with E-state index in [0.29, 0.717) is 22.7 Å². The summed E-state index contributed by atoms with van der Waals surface area (Å²) in [5.41, 5.74) is 1.07. The summed E-state index contributed by atoms with van der Waals surface area (Å²) in [7, 11) is 0. The van der Waals surface area contributed by atoms with Crippen molar-refractivity contribution < 1.29 is 14.6 Å². The molecule has 0 radical (unpaired) electrons. The molecule has 6 nitrogen and oxygen atoms in total. The SMILES string of the molecule is CC(CO)C(C)NC(=O)Nc1ccc(Oc2ccccc2C#N)cc1. The zero-order chi connectivity index (χ0) is 18.2. The van der Waals surface area contributed by atoms with Gasteiger partial charge in [0.1, 0.15) is 17.6 Å². The number of anilines is 1. The van der Waals surface area contributed by atoms with Crippen LogP contribution in [0.2, 0.25) is 0 Å². The molecule has 2 unspecified atom stereocenters. The van der Waals surface area contributed by atoms with Crippen LogP contribution in [0.5, 0.6) is 11.5 Å². The number of nitrogens with one attached hydrogen (secondary N) is 2. The summed E-state index contributed by atoms with van der Waals surface area (Å²) in [5.74, 6) is 1.02.